The van der Waals surface area contributed by atoms with Gasteiger partial charge in [0.25, 0.3) is 0 Å². The van der Waals surface area contributed by atoms with Crippen molar-refractivity contribution in [2.24, 2.45) is 0 Å². The fourth-order valence-electron chi connectivity index (χ4n) is 2.89. The minimum Gasteiger partial charge on any atom is -0.493 e. The number of hydrogen-bond acceptors (Lipinski definition) is 3. The number of benzene rings is 2. The molecule has 2 rings (SSSR count). The molecule has 2 aromatic carbocycles. The number of anilines is 1. The van der Waals surface area contributed by atoms with Gasteiger partial charge in [0.15, 0.2) is 11.5 Å². The van der Waals surface area contributed by atoms with Crippen molar-refractivity contribution >= 4 is 11.7 Å². The van der Waals surface area contributed by atoms with E-state index < -0.39 is 0 Å². The SMILES string of the molecule is COc1ccc(CCNC(=O)Nc2c(C)cc(C)cc2C)cc1OC. The molecule has 0 aromatic heterocycles. The molecule has 2 N–H and O–H groups in total. The number of carbonyl (C=O) groups excluding carboxylic acids is 1. The quantitative estimate of drug-likeness (QED) is 0.834. The smallest absolute Gasteiger partial charge is 0.319 e. The topological polar surface area (TPSA) is 59.6 Å². The second-order valence-corrected chi connectivity index (χ2v) is 6.09. The standard InChI is InChI=1S/C20H26N2O3/c1-13-10-14(2)19(15(3)11-13)22-20(23)21-9-8-16-6-7-17(24-4)18(12-16)25-5/h6-7,10-12H,8-9H2,1-5H3,(H2,21,22,23). The molecule has 0 aliphatic rings. The van der Waals surface area contributed by atoms with Gasteiger partial charge >= 0.3 is 6.03 Å². The molecule has 5 nitrogen and oxygen atoms in total. The largest absolute Gasteiger partial charge is 0.493 e. The van der Waals surface area contributed by atoms with E-state index in [0.29, 0.717) is 24.5 Å². The summed E-state index contributed by atoms with van der Waals surface area (Å²) < 4.78 is 10.5. The lowest BCUT2D eigenvalue weighted by Crippen LogP contribution is -2.31. The van der Waals surface area contributed by atoms with E-state index in [1.165, 1.54) is 5.56 Å². The number of urea groups is 1. The van der Waals surface area contributed by atoms with E-state index in [1.807, 2.05) is 39.0 Å². The van der Waals surface area contributed by atoms with E-state index in [-0.39, 0.29) is 6.03 Å². The van der Waals surface area contributed by atoms with Crippen LogP contribution in [-0.4, -0.2) is 26.8 Å². The van der Waals surface area contributed by atoms with Gasteiger partial charge in [0.2, 0.25) is 0 Å². The van der Waals surface area contributed by atoms with Crippen molar-refractivity contribution in [1.29, 1.82) is 0 Å². The van der Waals surface area contributed by atoms with E-state index in [0.717, 1.165) is 22.4 Å². The normalized spacial score (nSPS) is 10.3. The summed E-state index contributed by atoms with van der Waals surface area (Å²) in [4.78, 5) is 12.1. The number of carbonyl (C=O) groups is 1. The highest BCUT2D eigenvalue weighted by molar-refractivity contribution is 5.91. The number of rotatable bonds is 6. The minimum absolute atomic E-state index is 0.199. The maximum Gasteiger partial charge on any atom is 0.319 e. The number of amides is 2. The zero-order chi connectivity index (χ0) is 18.4. The van der Waals surface area contributed by atoms with Gasteiger partial charge in [-0.1, -0.05) is 23.8 Å². The highest BCUT2D eigenvalue weighted by atomic mass is 16.5. The lowest BCUT2D eigenvalue weighted by atomic mass is 10.1. The Morgan fingerprint density at radius 1 is 0.960 bits per heavy atom. The molecule has 0 saturated heterocycles. The molecular formula is C20H26N2O3. The van der Waals surface area contributed by atoms with Crippen LogP contribution >= 0.6 is 0 Å². The summed E-state index contributed by atoms with van der Waals surface area (Å²) in [6.07, 6.45) is 0.708. The van der Waals surface area contributed by atoms with Gasteiger partial charge in [0.1, 0.15) is 0 Å². The summed E-state index contributed by atoms with van der Waals surface area (Å²) in [6, 6.07) is 9.68. The number of hydrogen-bond donors (Lipinski definition) is 2. The summed E-state index contributed by atoms with van der Waals surface area (Å²) in [5.74, 6) is 1.39. The summed E-state index contributed by atoms with van der Waals surface area (Å²) in [5.41, 5.74) is 5.25. The first-order valence-corrected chi connectivity index (χ1v) is 8.28. The van der Waals surface area contributed by atoms with Crippen molar-refractivity contribution in [3.63, 3.8) is 0 Å². The molecule has 0 radical (unpaired) electrons. The monoisotopic (exact) mass is 342 g/mol. The molecule has 0 fully saturated rings. The third-order valence-corrected chi connectivity index (χ3v) is 4.06. The Morgan fingerprint density at radius 3 is 2.20 bits per heavy atom. The Kier molecular flexibility index (Phi) is 6.28. The predicted octanol–water partition coefficient (Wildman–Crippen LogP) is 3.99. The molecule has 2 aromatic rings. The first-order chi connectivity index (χ1) is 11.9. The van der Waals surface area contributed by atoms with Crippen LogP contribution in [0.4, 0.5) is 10.5 Å². The Balaban J connectivity index is 1.91. The van der Waals surface area contributed by atoms with E-state index >= 15 is 0 Å². The van der Waals surface area contributed by atoms with E-state index in [1.54, 1.807) is 14.2 Å². The number of nitrogens with one attached hydrogen (secondary N) is 2. The Bertz CT molecular complexity index is 734. The average Bonchev–Trinajstić information content (AvgIpc) is 2.58. The Labute approximate surface area is 149 Å². The second kappa shape index (κ2) is 8.42. The predicted molar refractivity (Wildman–Crippen MR) is 101 cm³/mol. The molecule has 0 aliphatic heterocycles. The number of methoxy groups -OCH3 is 2. The van der Waals surface area contributed by atoms with Crippen LogP contribution in [0.5, 0.6) is 11.5 Å². The van der Waals surface area contributed by atoms with E-state index in [9.17, 15) is 4.79 Å². The molecule has 134 valence electrons. The van der Waals surface area contributed by atoms with Gasteiger partial charge in [-0.2, -0.15) is 0 Å². The molecule has 0 unspecified atom stereocenters. The maximum absolute atomic E-state index is 12.1. The Morgan fingerprint density at radius 2 is 1.60 bits per heavy atom. The van der Waals surface area contributed by atoms with Gasteiger partial charge in [-0.15, -0.1) is 0 Å². The van der Waals surface area contributed by atoms with Crippen LogP contribution in [0.25, 0.3) is 0 Å². The third kappa shape index (κ3) is 4.89. The molecule has 0 bridgehead atoms. The molecule has 25 heavy (non-hydrogen) atoms. The van der Waals surface area contributed by atoms with Crippen molar-refractivity contribution < 1.29 is 14.3 Å². The van der Waals surface area contributed by atoms with Crippen LogP contribution in [0.15, 0.2) is 30.3 Å². The lowest BCUT2D eigenvalue weighted by molar-refractivity contribution is 0.252. The van der Waals surface area contributed by atoms with Crippen LogP contribution in [0.2, 0.25) is 0 Å². The van der Waals surface area contributed by atoms with Gasteiger partial charge in [0, 0.05) is 12.2 Å². The van der Waals surface area contributed by atoms with E-state index in [4.69, 9.17) is 9.47 Å². The van der Waals surface area contributed by atoms with Crippen molar-refractivity contribution in [1.82, 2.24) is 5.32 Å². The zero-order valence-corrected chi connectivity index (χ0v) is 15.5. The van der Waals surface area contributed by atoms with Crippen molar-refractivity contribution in [2.75, 3.05) is 26.1 Å². The van der Waals surface area contributed by atoms with Crippen molar-refractivity contribution in [3.8, 4) is 11.5 Å². The van der Waals surface area contributed by atoms with Crippen molar-refractivity contribution in [2.45, 2.75) is 27.2 Å². The molecule has 0 heterocycles. The maximum atomic E-state index is 12.1. The number of ether oxygens (including phenoxy) is 2. The van der Waals surface area contributed by atoms with Crippen LogP contribution in [0.3, 0.4) is 0 Å². The van der Waals surface area contributed by atoms with Gasteiger partial charge in [-0.3, -0.25) is 0 Å². The fourth-order valence-corrected chi connectivity index (χ4v) is 2.89. The molecule has 0 aliphatic carbocycles. The third-order valence-electron chi connectivity index (χ3n) is 4.06. The molecule has 2 amide bonds. The summed E-state index contributed by atoms with van der Waals surface area (Å²) >= 11 is 0. The summed E-state index contributed by atoms with van der Waals surface area (Å²) in [5, 5.41) is 5.83. The second-order valence-electron chi connectivity index (χ2n) is 6.09. The molecule has 5 heteroatoms. The van der Waals surface area contributed by atoms with E-state index in [2.05, 4.69) is 22.8 Å². The van der Waals surface area contributed by atoms with Gasteiger partial charge in [0.05, 0.1) is 14.2 Å². The summed E-state index contributed by atoms with van der Waals surface area (Å²) in [7, 11) is 3.22. The van der Waals surface area contributed by atoms with Gasteiger partial charge in [-0.05, 0) is 56.0 Å². The van der Waals surface area contributed by atoms with Crippen LogP contribution in [0, 0.1) is 20.8 Å². The first kappa shape index (κ1) is 18.6. The molecule has 0 spiro atoms. The number of aryl methyl sites for hydroxylation is 3. The minimum atomic E-state index is -0.199. The van der Waals surface area contributed by atoms with Gasteiger partial charge in [-0.25, -0.2) is 4.79 Å². The Hall–Kier alpha value is -2.69. The van der Waals surface area contributed by atoms with Crippen LogP contribution < -0.4 is 20.1 Å². The zero-order valence-electron chi connectivity index (χ0n) is 15.5. The molecule has 0 atom stereocenters. The fraction of sp³-hybridized carbons (Fsp3) is 0.350. The average molecular weight is 342 g/mol. The highest BCUT2D eigenvalue weighted by Gasteiger charge is 2.08. The van der Waals surface area contributed by atoms with Gasteiger partial charge < -0.3 is 20.1 Å². The molecular weight excluding hydrogens is 316 g/mol. The highest BCUT2D eigenvalue weighted by Crippen LogP contribution is 2.27. The van der Waals surface area contributed by atoms with Crippen molar-refractivity contribution in [3.05, 3.63) is 52.6 Å². The first-order valence-electron chi connectivity index (χ1n) is 8.28. The van der Waals surface area contributed by atoms with Crippen LogP contribution in [-0.2, 0) is 6.42 Å². The lowest BCUT2D eigenvalue weighted by Gasteiger charge is -2.14. The summed E-state index contributed by atoms with van der Waals surface area (Å²) in [6.45, 7) is 6.58. The van der Waals surface area contributed by atoms with Crippen LogP contribution in [0.1, 0.15) is 22.3 Å². The molecule has 0 saturated carbocycles.